The summed E-state index contributed by atoms with van der Waals surface area (Å²) in [5.41, 5.74) is 1.23. The molecule has 1 aromatic rings. The zero-order chi connectivity index (χ0) is 12.6. The van der Waals surface area contributed by atoms with Crippen LogP contribution in [0.15, 0.2) is 18.2 Å². The van der Waals surface area contributed by atoms with Crippen molar-refractivity contribution < 1.29 is 9.53 Å². The van der Waals surface area contributed by atoms with Crippen LogP contribution >= 0.6 is 11.6 Å². The molecule has 0 spiro atoms. The zero-order valence-corrected chi connectivity index (χ0v) is 10.9. The Morgan fingerprint density at radius 1 is 1.44 bits per heavy atom. The minimum absolute atomic E-state index is 0.514. The Morgan fingerprint density at radius 3 is 2.38 bits per heavy atom. The lowest BCUT2D eigenvalue weighted by molar-refractivity contribution is 0.225. The van der Waals surface area contributed by atoms with Crippen LogP contribution < -0.4 is 10.1 Å². The maximum absolute atomic E-state index is 10.4. The molecule has 0 bridgehead atoms. The van der Waals surface area contributed by atoms with Crippen LogP contribution in [0.5, 0.6) is 5.75 Å². The summed E-state index contributed by atoms with van der Waals surface area (Å²) in [6, 6.07) is 5.52. The summed E-state index contributed by atoms with van der Waals surface area (Å²) in [6.45, 7) is 6.97. The fourth-order valence-corrected chi connectivity index (χ4v) is 1.08. The van der Waals surface area contributed by atoms with Gasteiger partial charge in [-0.1, -0.05) is 24.6 Å². The van der Waals surface area contributed by atoms with Gasteiger partial charge in [-0.05, 0) is 39.1 Å². The number of hydrogen-bond donors (Lipinski definition) is 1. The van der Waals surface area contributed by atoms with Crippen molar-refractivity contribution >= 4 is 17.0 Å². The minimum atomic E-state index is -0.804. The number of ether oxygens (including phenoxy) is 1. The Bertz CT molecular complexity index is 338. The van der Waals surface area contributed by atoms with E-state index in [1.54, 1.807) is 6.07 Å². The number of halogens is 1. The van der Waals surface area contributed by atoms with E-state index in [1.165, 1.54) is 0 Å². The van der Waals surface area contributed by atoms with Crippen LogP contribution in [0.1, 0.15) is 18.1 Å². The van der Waals surface area contributed by atoms with Crippen molar-refractivity contribution in [2.75, 3.05) is 13.6 Å². The number of carbonyl (C=O) groups excluding carboxylic acids is 1. The minimum Gasteiger partial charge on any atom is -0.414 e. The highest BCUT2D eigenvalue weighted by atomic mass is 35.5. The van der Waals surface area contributed by atoms with E-state index >= 15 is 0 Å². The monoisotopic (exact) mass is 243 g/mol. The van der Waals surface area contributed by atoms with Crippen LogP contribution in [-0.2, 0) is 0 Å². The first-order valence-corrected chi connectivity index (χ1v) is 5.48. The lowest BCUT2D eigenvalue weighted by Crippen LogP contribution is -2.01. The molecule has 0 saturated heterocycles. The van der Waals surface area contributed by atoms with E-state index in [4.69, 9.17) is 16.3 Å². The van der Waals surface area contributed by atoms with E-state index in [0.29, 0.717) is 5.75 Å². The number of nitrogens with one attached hydrogen (secondary N) is 1. The number of rotatable bonds is 2. The fraction of sp³-hybridized carbons (Fsp3) is 0.417. The van der Waals surface area contributed by atoms with Crippen LogP contribution in [0.3, 0.4) is 0 Å². The molecular weight excluding hydrogens is 226 g/mol. The number of hydrogen-bond acceptors (Lipinski definition) is 3. The lowest BCUT2D eigenvalue weighted by Gasteiger charge is -2.03. The van der Waals surface area contributed by atoms with Crippen molar-refractivity contribution in [2.45, 2.75) is 20.8 Å². The van der Waals surface area contributed by atoms with Gasteiger partial charge in [0.1, 0.15) is 5.75 Å². The molecule has 1 aromatic carbocycles. The standard InChI is InChI=1S/C9H9ClO2.C3H9N/c1-6-3-4-8(7(2)5-6)12-9(10)11;1-3-4-2/h3-5H,1-2H3;4H,3H2,1-2H3. The molecule has 1 N–H and O–H groups in total. The van der Waals surface area contributed by atoms with Gasteiger partial charge in [0.15, 0.2) is 0 Å². The Hall–Kier alpha value is -1.06. The predicted octanol–water partition coefficient (Wildman–Crippen LogP) is 3.27. The molecule has 4 heteroatoms. The third-order valence-corrected chi connectivity index (χ3v) is 1.95. The highest BCUT2D eigenvalue weighted by molar-refractivity contribution is 6.61. The fourth-order valence-electron chi connectivity index (χ4n) is 1.00. The van der Waals surface area contributed by atoms with Gasteiger partial charge in [-0.2, -0.15) is 0 Å². The average Bonchev–Trinajstić information content (AvgIpc) is 2.22. The van der Waals surface area contributed by atoms with Crippen LogP contribution in [0.25, 0.3) is 0 Å². The van der Waals surface area contributed by atoms with Crippen LogP contribution in [0.4, 0.5) is 4.79 Å². The van der Waals surface area contributed by atoms with E-state index in [2.05, 4.69) is 12.2 Å². The van der Waals surface area contributed by atoms with Crippen molar-refractivity contribution in [2.24, 2.45) is 0 Å². The first-order valence-electron chi connectivity index (χ1n) is 5.10. The molecule has 0 heterocycles. The van der Waals surface area contributed by atoms with Crippen molar-refractivity contribution in [1.82, 2.24) is 5.32 Å². The molecule has 0 radical (unpaired) electrons. The van der Waals surface area contributed by atoms with Gasteiger partial charge in [-0.3, -0.25) is 0 Å². The Balaban J connectivity index is 0.000000487. The SMILES string of the molecule is CCNC.Cc1ccc(OC(=O)Cl)c(C)c1. The summed E-state index contributed by atoms with van der Waals surface area (Å²) in [5, 5.41) is 2.93. The lowest BCUT2D eigenvalue weighted by atomic mass is 10.1. The molecule has 0 amide bonds. The van der Waals surface area contributed by atoms with E-state index < -0.39 is 5.43 Å². The van der Waals surface area contributed by atoms with Gasteiger partial charge in [-0.15, -0.1) is 0 Å². The summed E-state index contributed by atoms with van der Waals surface area (Å²) in [6.07, 6.45) is 0. The van der Waals surface area contributed by atoms with Gasteiger partial charge < -0.3 is 10.1 Å². The number of aryl methyl sites for hydroxylation is 2. The molecule has 0 unspecified atom stereocenters. The van der Waals surface area contributed by atoms with Crippen LogP contribution in [0.2, 0.25) is 0 Å². The molecule has 16 heavy (non-hydrogen) atoms. The molecule has 0 aliphatic rings. The summed E-state index contributed by atoms with van der Waals surface area (Å²) in [4.78, 5) is 10.4. The van der Waals surface area contributed by atoms with Gasteiger partial charge in [-0.25, -0.2) is 4.79 Å². The number of benzene rings is 1. The van der Waals surface area contributed by atoms with Gasteiger partial charge >= 0.3 is 5.43 Å². The van der Waals surface area contributed by atoms with Gasteiger partial charge in [0, 0.05) is 11.6 Å². The van der Waals surface area contributed by atoms with Gasteiger partial charge in [0.25, 0.3) is 0 Å². The van der Waals surface area contributed by atoms with E-state index in [9.17, 15) is 4.79 Å². The molecule has 0 atom stereocenters. The van der Waals surface area contributed by atoms with Crippen LogP contribution in [0, 0.1) is 13.8 Å². The van der Waals surface area contributed by atoms with Crippen molar-refractivity contribution in [3.8, 4) is 5.75 Å². The summed E-state index contributed by atoms with van der Waals surface area (Å²) < 4.78 is 4.73. The smallest absolute Gasteiger partial charge is 0.409 e. The van der Waals surface area contributed by atoms with Gasteiger partial charge in [0.05, 0.1) is 0 Å². The zero-order valence-electron chi connectivity index (χ0n) is 10.1. The maximum Gasteiger partial charge on any atom is 0.409 e. The topological polar surface area (TPSA) is 38.3 Å². The molecular formula is C12H18ClNO2. The summed E-state index contributed by atoms with van der Waals surface area (Å²) in [7, 11) is 1.93. The average molecular weight is 244 g/mol. The third kappa shape index (κ3) is 6.43. The first-order chi connectivity index (χ1) is 7.51. The molecule has 0 aliphatic heterocycles. The number of carbonyl (C=O) groups is 1. The van der Waals surface area contributed by atoms with Crippen molar-refractivity contribution in [3.63, 3.8) is 0 Å². The summed E-state index contributed by atoms with van der Waals surface area (Å²) in [5.74, 6) is 0.514. The second kappa shape index (κ2) is 8.13. The highest BCUT2D eigenvalue weighted by Gasteiger charge is 2.02. The van der Waals surface area contributed by atoms with E-state index in [-0.39, 0.29) is 0 Å². The maximum atomic E-state index is 10.4. The first kappa shape index (κ1) is 14.9. The second-order valence-corrected chi connectivity index (χ2v) is 3.62. The Morgan fingerprint density at radius 2 is 2.00 bits per heavy atom. The van der Waals surface area contributed by atoms with Gasteiger partial charge in [0.2, 0.25) is 0 Å². The largest absolute Gasteiger partial charge is 0.414 e. The highest BCUT2D eigenvalue weighted by Crippen LogP contribution is 2.19. The molecule has 90 valence electrons. The predicted molar refractivity (Wildman–Crippen MR) is 67.4 cm³/mol. The molecule has 1 rings (SSSR count). The molecule has 0 saturated carbocycles. The molecule has 0 aromatic heterocycles. The van der Waals surface area contributed by atoms with Crippen LogP contribution in [-0.4, -0.2) is 19.0 Å². The second-order valence-electron chi connectivity index (χ2n) is 3.32. The quantitative estimate of drug-likeness (QED) is 0.811. The van der Waals surface area contributed by atoms with Crippen molar-refractivity contribution in [3.05, 3.63) is 29.3 Å². The van der Waals surface area contributed by atoms with E-state index in [1.807, 2.05) is 33.0 Å². The molecule has 0 aliphatic carbocycles. The molecule has 0 fully saturated rings. The van der Waals surface area contributed by atoms with Crippen molar-refractivity contribution in [1.29, 1.82) is 0 Å². The third-order valence-electron chi connectivity index (χ3n) is 1.87. The normalized spacial score (nSPS) is 9.06. The Kier molecular flexibility index (Phi) is 7.60. The molecule has 3 nitrogen and oxygen atoms in total. The Labute approximate surface area is 102 Å². The summed E-state index contributed by atoms with van der Waals surface area (Å²) >= 11 is 5.06. The van der Waals surface area contributed by atoms with E-state index in [0.717, 1.165) is 17.7 Å².